The third kappa shape index (κ3) is 7.31. The number of ether oxygens (including phenoxy) is 1. The second-order valence-corrected chi connectivity index (χ2v) is 10.0. The van der Waals surface area contributed by atoms with Gasteiger partial charge in [0.15, 0.2) is 0 Å². The smallest absolute Gasteiger partial charge is 0.407 e. The van der Waals surface area contributed by atoms with Crippen LogP contribution < -0.4 is 10.6 Å². The van der Waals surface area contributed by atoms with Crippen LogP contribution in [-0.2, 0) is 14.3 Å². The minimum atomic E-state index is -0.857. The minimum absolute atomic E-state index is 0.0292. The molecule has 3 N–H and O–H groups in total. The summed E-state index contributed by atoms with van der Waals surface area (Å²) in [7, 11) is 0. The maximum Gasteiger partial charge on any atom is 0.407 e. The summed E-state index contributed by atoms with van der Waals surface area (Å²) in [6, 6.07) is 16.5. The van der Waals surface area contributed by atoms with Crippen LogP contribution in [-0.4, -0.2) is 42.8 Å². The van der Waals surface area contributed by atoms with Crippen LogP contribution in [0.15, 0.2) is 48.5 Å². The molecule has 3 rings (SSSR count). The van der Waals surface area contributed by atoms with E-state index in [1.54, 1.807) is 6.92 Å². The van der Waals surface area contributed by atoms with Crippen molar-refractivity contribution < 1.29 is 24.2 Å². The molecular weight excluding hydrogens is 444 g/mol. The van der Waals surface area contributed by atoms with Gasteiger partial charge < -0.3 is 20.5 Å². The number of amides is 2. The Bertz CT molecular complexity index is 1000. The summed E-state index contributed by atoms with van der Waals surface area (Å²) in [5.41, 5.74) is 4.61. The molecule has 0 heterocycles. The van der Waals surface area contributed by atoms with Gasteiger partial charge in [-0.2, -0.15) is 0 Å². The molecule has 1 aliphatic carbocycles. The molecule has 0 radical (unpaired) electrons. The molecule has 7 nitrogen and oxygen atoms in total. The normalized spacial score (nSPS) is 13.5. The van der Waals surface area contributed by atoms with Gasteiger partial charge in [0.25, 0.3) is 0 Å². The lowest BCUT2D eigenvalue weighted by Crippen LogP contribution is -2.31. The highest BCUT2D eigenvalue weighted by Gasteiger charge is 2.29. The molecule has 2 amide bonds. The number of aliphatic carboxylic acids is 1. The van der Waals surface area contributed by atoms with E-state index >= 15 is 0 Å². The van der Waals surface area contributed by atoms with Gasteiger partial charge >= 0.3 is 12.1 Å². The number of alkyl carbamates (subject to hydrolysis) is 1. The van der Waals surface area contributed by atoms with Crippen molar-refractivity contribution >= 4 is 18.0 Å². The first kappa shape index (κ1) is 26.3. The molecule has 0 aromatic heterocycles. The van der Waals surface area contributed by atoms with Crippen molar-refractivity contribution in [3.8, 4) is 11.1 Å². The Morgan fingerprint density at radius 2 is 1.54 bits per heavy atom. The van der Waals surface area contributed by atoms with Gasteiger partial charge in [-0.3, -0.25) is 9.59 Å². The van der Waals surface area contributed by atoms with E-state index in [4.69, 9.17) is 9.84 Å². The van der Waals surface area contributed by atoms with Crippen molar-refractivity contribution in [3.63, 3.8) is 0 Å². The first-order valence-electron chi connectivity index (χ1n) is 12.3. The number of fused-ring (bicyclic) bond motifs is 3. The van der Waals surface area contributed by atoms with Crippen molar-refractivity contribution in [2.24, 2.45) is 11.3 Å². The lowest BCUT2D eigenvalue weighted by molar-refractivity contribution is -0.141. The zero-order valence-electron chi connectivity index (χ0n) is 20.8. The zero-order chi connectivity index (χ0) is 25.4. The van der Waals surface area contributed by atoms with Crippen LogP contribution >= 0.6 is 0 Å². The molecule has 0 spiro atoms. The van der Waals surface area contributed by atoms with Crippen LogP contribution in [0, 0.1) is 11.3 Å². The number of carboxylic acid groups (broad SMARTS) is 1. The molecule has 188 valence electrons. The number of carbonyl (C=O) groups is 3. The Balaban J connectivity index is 1.37. The van der Waals surface area contributed by atoms with Crippen molar-refractivity contribution in [2.75, 3.05) is 19.7 Å². The number of nitrogens with one attached hydrogen (secondary N) is 2. The molecular formula is C28H36N2O5. The van der Waals surface area contributed by atoms with Gasteiger partial charge in [-0.05, 0) is 46.9 Å². The molecule has 0 fully saturated rings. The SMILES string of the molecule is CC(CCNC(=O)CCC(C)(C)CCNC(=O)OCC1c2ccccc2-c2ccccc21)C(=O)O. The predicted molar refractivity (Wildman–Crippen MR) is 135 cm³/mol. The summed E-state index contributed by atoms with van der Waals surface area (Å²) in [6.07, 6.45) is 1.71. The van der Waals surface area contributed by atoms with Crippen molar-refractivity contribution in [3.05, 3.63) is 59.7 Å². The van der Waals surface area contributed by atoms with Gasteiger partial charge in [0.2, 0.25) is 5.91 Å². The summed E-state index contributed by atoms with van der Waals surface area (Å²) in [4.78, 5) is 35.3. The third-order valence-electron chi connectivity index (χ3n) is 6.76. The van der Waals surface area contributed by atoms with E-state index in [2.05, 4.69) is 48.7 Å². The van der Waals surface area contributed by atoms with Crippen LogP contribution in [0.5, 0.6) is 0 Å². The summed E-state index contributed by atoms with van der Waals surface area (Å²) < 4.78 is 5.58. The maximum absolute atomic E-state index is 12.4. The van der Waals surface area contributed by atoms with E-state index in [1.165, 1.54) is 22.3 Å². The Hall–Kier alpha value is -3.35. The number of hydrogen-bond donors (Lipinski definition) is 3. The molecule has 0 bridgehead atoms. The Kier molecular flexibility index (Phi) is 8.90. The monoisotopic (exact) mass is 480 g/mol. The Morgan fingerprint density at radius 3 is 2.14 bits per heavy atom. The fraction of sp³-hybridized carbons (Fsp3) is 0.464. The Morgan fingerprint density at radius 1 is 0.943 bits per heavy atom. The third-order valence-corrected chi connectivity index (χ3v) is 6.76. The van der Waals surface area contributed by atoms with Gasteiger partial charge in [-0.1, -0.05) is 69.3 Å². The zero-order valence-corrected chi connectivity index (χ0v) is 20.8. The van der Waals surface area contributed by atoms with Gasteiger partial charge in [-0.25, -0.2) is 4.79 Å². The summed E-state index contributed by atoms with van der Waals surface area (Å²) in [5, 5.41) is 14.5. The van der Waals surface area contributed by atoms with E-state index < -0.39 is 18.0 Å². The molecule has 0 aliphatic heterocycles. The molecule has 2 aromatic carbocycles. The molecule has 0 saturated heterocycles. The highest BCUT2D eigenvalue weighted by molar-refractivity contribution is 5.79. The molecule has 7 heteroatoms. The first-order valence-corrected chi connectivity index (χ1v) is 12.3. The van der Waals surface area contributed by atoms with Crippen molar-refractivity contribution in [2.45, 2.75) is 52.4 Å². The molecule has 0 saturated carbocycles. The molecule has 1 atom stereocenters. The van der Waals surface area contributed by atoms with Gasteiger partial charge in [0, 0.05) is 25.4 Å². The van der Waals surface area contributed by atoms with E-state index in [0.29, 0.717) is 38.8 Å². The number of carboxylic acids is 1. The van der Waals surface area contributed by atoms with Crippen LogP contribution in [0.2, 0.25) is 0 Å². The van der Waals surface area contributed by atoms with E-state index in [0.717, 1.165) is 0 Å². The summed E-state index contributed by atoms with van der Waals surface area (Å²) in [5.74, 6) is -1.39. The summed E-state index contributed by atoms with van der Waals surface area (Å²) in [6.45, 7) is 6.85. The van der Waals surface area contributed by atoms with Gasteiger partial charge in [0.05, 0.1) is 5.92 Å². The standard InChI is InChI=1S/C28H36N2O5/c1-19(26(32)33)13-16-29-25(31)12-14-28(2,3)15-17-30-27(34)35-18-24-22-10-6-4-8-20(22)21-9-5-7-11-23(21)24/h4-11,19,24H,12-18H2,1-3H3,(H,29,31)(H,30,34)(H,32,33). The number of hydrogen-bond acceptors (Lipinski definition) is 4. The average molecular weight is 481 g/mol. The first-order chi connectivity index (χ1) is 16.7. The highest BCUT2D eigenvalue weighted by atomic mass is 16.5. The van der Waals surface area contributed by atoms with Crippen molar-refractivity contribution in [1.29, 1.82) is 0 Å². The predicted octanol–water partition coefficient (Wildman–Crippen LogP) is 4.95. The van der Waals surface area contributed by atoms with Crippen LogP contribution in [0.4, 0.5) is 4.79 Å². The average Bonchev–Trinajstić information content (AvgIpc) is 3.15. The lowest BCUT2D eigenvalue weighted by Gasteiger charge is -2.24. The number of benzene rings is 2. The van der Waals surface area contributed by atoms with E-state index in [-0.39, 0.29) is 23.8 Å². The lowest BCUT2D eigenvalue weighted by atomic mass is 9.84. The van der Waals surface area contributed by atoms with Crippen LogP contribution in [0.1, 0.15) is 63.5 Å². The number of carbonyl (C=O) groups excluding carboxylic acids is 2. The van der Waals surface area contributed by atoms with Gasteiger partial charge in [-0.15, -0.1) is 0 Å². The molecule has 1 aliphatic rings. The van der Waals surface area contributed by atoms with E-state index in [9.17, 15) is 14.4 Å². The molecule has 35 heavy (non-hydrogen) atoms. The van der Waals surface area contributed by atoms with Crippen molar-refractivity contribution in [1.82, 2.24) is 10.6 Å². The molecule has 2 aromatic rings. The fourth-order valence-electron chi connectivity index (χ4n) is 4.37. The minimum Gasteiger partial charge on any atom is -0.481 e. The quantitative estimate of drug-likeness (QED) is 0.399. The topological polar surface area (TPSA) is 105 Å². The second-order valence-electron chi connectivity index (χ2n) is 10.0. The van der Waals surface area contributed by atoms with Crippen LogP contribution in [0.25, 0.3) is 11.1 Å². The van der Waals surface area contributed by atoms with E-state index in [1.807, 2.05) is 24.3 Å². The Labute approximate surface area is 207 Å². The highest BCUT2D eigenvalue weighted by Crippen LogP contribution is 2.44. The molecule has 1 unspecified atom stereocenters. The van der Waals surface area contributed by atoms with Crippen LogP contribution in [0.3, 0.4) is 0 Å². The second kappa shape index (κ2) is 11.9. The summed E-state index contributed by atoms with van der Waals surface area (Å²) >= 11 is 0. The fourth-order valence-corrected chi connectivity index (χ4v) is 4.37. The number of rotatable bonds is 12. The van der Waals surface area contributed by atoms with Gasteiger partial charge in [0.1, 0.15) is 6.61 Å². The largest absolute Gasteiger partial charge is 0.481 e. The maximum atomic E-state index is 12.4.